The Labute approximate surface area is 142 Å². The molecule has 124 valence electrons. The number of aromatic nitrogens is 2. The van der Waals surface area contributed by atoms with Gasteiger partial charge in [-0.05, 0) is 25.3 Å². The molecule has 6 nitrogen and oxygen atoms in total. The van der Waals surface area contributed by atoms with Gasteiger partial charge >= 0.3 is 0 Å². The minimum absolute atomic E-state index is 0.0272. The van der Waals surface area contributed by atoms with Gasteiger partial charge in [0, 0.05) is 19.3 Å². The number of thiazole rings is 1. The van der Waals surface area contributed by atoms with Crippen molar-refractivity contribution in [1.29, 1.82) is 5.26 Å². The Morgan fingerprint density at radius 2 is 2.38 bits per heavy atom. The maximum absolute atomic E-state index is 13.0. The number of nitrogens with zero attached hydrogens (tertiary/aromatic N) is 4. The number of carbonyl (C=O) groups excluding carboxylic acids is 1. The molecule has 1 amide bonds. The highest BCUT2D eigenvalue weighted by atomic mass is 32.1. The molecule has 0 spiro atoms. The van der Waals surface area contributed by atoms with E-state index in [9.17, 15) is 9.18 Å². The van der Waals surface area contributed by atoms with Crippen LogP contribution >= 0.6 is 11.3 Å². The standard InChI is InChI=1S/C16H16FN5OS/c17-11-6-10(11)15(23)21-14-13-12(3-4-19-14)20-16(24-13)22-5-1-2-9(7-18)8-22/h3-4,9-11H,1-2,5-6,8H2,(H,19,21,23)/t9-,10-,11-/m0/s1. The third kappa shape index (κ3) is 2.80. The van der Waals surface area contributed by atoms with Gasteiger partial charge in [-0.2, -0.15) is 5.26 Å². The topological polar surface area (TPSA) is 81.9 Å². The Hall–Kier alpha value is -2.27. The highest BCUT2D eigenvalue weighted by Crippen LogP contribution is 2.37. The van der Waals surface area contributed by atoms with Crippen LogP contribution < -0.4 is 10.2 Å². The molecule has 0 bridgehead atoms. The predicted molar refractivity (Wildman–Crippen MR) is 89.6 cm³/mol. The second-order valence-corrected chi connectivity index (χ2v) is 7.24. The molecule has 2 aromatic rings. The molecule has 4 rings (SSSR count). The molecule has 8 heteroatoms. The van der Waals surface area contributed by atoms with Crippen LogP contribution in [0.15, 0.2) is 12.3 Å². The SMILES string of the molecule is N#C[C@@H]1CCCN(c2nc3ccnc(NC(=O)[C@H]4C[C@@H]4F)c3s2)C1. The zero-order valence-corrected chi connectivity index (χ0v) is 13.7. The highest BCUT2D eigenvalue weighted by Gasteiger charge is 2.43. The summed E-state index contributed by atoms with van der Waals surface area (Å²) in [5, 5.41) is 12.7. The first-order valence-electron chi connectivity index (χ1n) is 8.00. The van der Waals surface area contributed by atoms with Gasteiger partial charge in [0.1, 0.15) is 6.17 Å². The lowest BCUT2D eigenvalue weighted by Gasteiger charge is -2.28. The Kier molecular flexibility index (Phi) is 3.81. The number of hydrogen-bond donors (Lipinski definition) is 1. The molecule has 1 N–H and O–H groups in total. The largest absolute Gasteiger partial charge is 0.347 e. The molecule has 0 aromatic carbocycles. The molecule has 3 atom stereocenters. The quantitative estimate of drug-likeness (QED) is 0.925. The fourth-order valence-electron chi connectivity index (χ4n) is 2.97. The smallest absolute Gasteiger partial charge is 0.231 e. The zero-order valence-electron chi connectivity index (χ0n) is 12.9. The summed E-state index contributed by atoms with van der Waals surface area (Å²) in [6.45, 7) is 1.55. The van der Waals surface area contributed by atoms with E-state index in [2.05, 4.69) is 26.3 Å². The summed E-state index contributed by atoms with van der Waals surface area (Å²) < 4.78 is 13.8. The summed E-state index contributed by atoms with van der Waals surface area (Å²) in [7, 11) is 0. The molecule has 0 radical (unpaired) electrons. The van der Waals surface area contributed by atoms with Crippen molar-refractivity contribution in [1.82, 2.24) is 9.97 Å². The van der Waals surface area contributed by atoms with Crippen LogP contribution in [-0.2, 0) is 4.79 Å². The van der Waals surface area contributed by atoms with Crippen LogP contribution in [0.4, 0.5) is 15.3 Å². The molecule has 1 aliphatic heterocycles. The molecule has 2 aromatic heterocycles. The summed E-state index contributed by atoms with van der Waals surface area (Å²) in [5.74, 6) is -0.401. The second kappa shape index (κ2) is 5.98. The van der Waals surface area contributed by atoms with Crippen molar-refractivity contribution < 1.29 is 9.18 Å². The predicted octanol–water partition coefficient (Wildman–Crippen LogP) is 2.73. The number of nitrogens with one attached hydrogen (secondary N) is 1. The van der Waals surface area contributed by atoms with Crippen LogP contribution in [0, 0.1) is 23.2 Å². The zero-order chi connectivity index (χ0) is 16.7. The Morgan fingerprint density at radius 3 is 3.12 bits per heavy atom. The van der Waals surface area contributed by atoms with E-state index in [1.54, 1.807) is 12.3 Å². The van der Waals surface area contributed by atoms with E-state index in [1.165, 1.54) is 11.3 Å². The lowest BCUT2D eigenvalue weighted by Crippen LogP contribution is -2.34. The van der Waals surface area contributed by atoms with Crippen molar-refractivity contribution in [3.8, 4) is 6.07 Å². The number of piperidine rings is 1. The number of amides is 1. The van der Waals surface area contributed by atoms with E-state index >= 15 is 0 Å². The third-order valence-corrected chi connectivity index (χ3v) is 5.60. The van der Waals surface area contributed by atoms with Crippen molar-refractivity contribution >= 4 is 38.4 Å². The molecule has 1 saturated carbocycles. The number of hydrogen-bond acceptors (Lipinski definition) is 6. The number of nitriles is 1. The highest BCUT2D eigenvalue weighted by molar-refractivity contribution is 7.22. The molecular weight excluding hydrogens is 329 g/mol. The van der Waals surface area contributed by atoms with Crippen molar-refractivity contribution in [3.05, 3.63) is 12.3 Å². The maximum atomic E-state index is 13.0. The molecule has 2 fully saturated rings. The van der Waals surface area contributed by atoms with Crippen LogP contribution in [0.25, 0.3) is 10.2 Å². The summed E-state index contributed by atoms with van der Waals surface area (Å²) in [5.41, 5.74) is 0.756. The molecule has 0 unspecified atom stereocenters. The van der Waals surface area contributed by atoms with Crippen LogP contribution in [0.5, 0.6) is 0 Å². The van der Waals surface area contributed by atoms with Gasteiger partial charge in [-0.25, -0.2) is 14.4 Å². The van der Waals surface area contributed by atoms with E-state index in [1.807, 2.05) is 0 Å². The monoisotopic (exact) mass is 345 g/mol. The molecule has 1 aliphatic carbocycles. The van der Waals surface area contributed by atoms with Crippen molar-refractivity contribution in [2.75, 3.05) is 23.3 Å². The summed E-state index contributed by atoms with van der Waals surface area (Å²) in [6.07, 6.45) is 2.74. The number of alkyl halides is 1. The molecule has 2 aliphatic rings. The molecule has 1 saturated heterocycles. The fourth-order valence-corrected chi connectivity index (χ4v) is 4.01. The van der Waals surface area contributed by atoms with E-state index in [0.29, 0.717) is 18.8 Å². The van der Waals surface area contributed by atoms with Crippen LogP contribution in [0.2, 0.25) is 0 Å². The van der Waals surface area contributed by atoms with Gasteiger partial charge in [0.15, 0.2) is 10.9 Å². The first-order chi connectivity index (χ1) is 11.7. The van der Waals surface area contributed by atoms with Crippen LogP contribution in [-0.4, -0.2) is 35.1 Å². The van der Waals surface area contributed by atoms with Gasteiger partial charge in [0.25, 0.3) is 0 Å². The van der Waals surface area contributed by atoms with Gasteiger partial charge in [-0.15, -0.1) is 0 Å². The average Bonchev–Trinajstić information content (AvgIpc) is 3.17. The molecular formula is C16H16FN5OS. The Morgan fingerprint density at radius 1 is 1.54 bits per heavy atom. The minimum Gasteiger partial charge on any atom is -0.347 e. The first-order valence-corrected chi connectivity index (χ1v) is 8.82. The van der Waals surface area contributed by atoms with Crippen molar-refractivity contribution in [2.24, 2.45) is 11.8 Å². The molecule has 3 heterocycles. The van der Waals surface area contributed by atoms with E-state index in [4.69, 9.17) is 5.26 Å². The number of rotatable bonds is 3. The lowest BCUT2D eigenvalue weighted by molar-refractivity contribution is -0.117. The Bertz CT molecular complexity index is 831. The third-order valence-electron chi connectivity index (χ3n) is 4.46. The summed E-state index contributed by atoms with van der Waals surface area (Å²) in [6, 6.07) is 4.13. The van der Waals surface area contributed by atoms with Gasteiger partial charge < -0.3 is 10.2 Å². The van der Waals surface area contributed by atoms with Gasteiger partial charge in [-0.1, -0.05) is 11.3 Å². The number of anilines is 2. The fraction of sp³-hybridized carbons (Fsp3) is 0.500. The number of pyridine rings is 1. The first kappa shape index (κ1) is 15.3. The maximum Gasteiger partial charge on any atom is 0.231 e. The van der Waals surface area contributed by atoms with Crippen molar-refractivity contribution in [2.45, 2.75) is 25.4 Å². The lowest BCUT2D eigenvalue weighted by atomic mass is 10.0. The molecule has 24 heavy (non-hydrogen) atoms. The van der Waals surface area contributed by atoms with E-state index < -0.39 is 12.1 Å². The van der Waals surface area contributed by atoms with Crippen LogP contribution in [0.1, 0.15) is 19.3 Å². The van der Waals surface area contributed by atoms with Gasteiger partial charge in [-0.3, -0.25) is 4.79 Å². The van der Waals surface area contributed by atoms with Gasteiger partial charge in [0.2, 0.25) is 5.91 Å². The number of halogens is 1. The Balaban J connectivity index is 1.60. The van der Waals surface area contributed by atoms with Crippen LogP contribution in [0.3, 0.4) is 0 Å². The second-order valence-electron chi connectivity index (χ2n) is 6.27. The number of carbonyl (C=O) groups is 1. The van der Waals surface area contributed by atoms with E-state index in [0.717, 1.165) is 34.7 Å². The average molecular weight is 345 g/mol. The normalized spacial score (nSPS) is 26.2. The van der Waals surface area contributed by atoms with E-state index in [-0.39, 0.29) is 11.8 Å². The van der Waals surface area contributed by atoms with Gasteiger partial charge in [0.05, 0.1) is 28.1 Å². The summed E-state index contributed by atoms with van der Waals surface area (Å²) >= 11 is 1.45. The summed E-state index contributed by atoms with van der Waals surface area (Å²) in [4.78, 5) is 22.9. The van der Waals surface area contributed by atoms with Crippen molar-refractivity contribution in [3.63, 3.8) is 0 Å². The minimum atomic E-state index is -1.03. The number of fused-ring (bicyclic) bond motifs is 1.